The molecule has 9 nitrogen and oxygen atoms in total. The topological polar surface area (TPSA) is 130 Å². The number of para-hydroxylation sites is 1. The Labute approximate surface area is 163 Å². The summed E-state index contributed by atoms with van der Waals surface area (Å²) in [5, 5.41) is 17.0. The van der Waals surface area contributed by atoms with E-state index in [1.807, 2.05) is 0 Å². The van der Waals surface area contributed by atoms with E-state index in [0.717, 1.165) is 0 Å². The number of benzene rings is 1. The average molecular weight is 388 g/mol. The molecule has 1 aromatic carbocycles. The van der Waals surface area contributed by atoms with Gasteiger partial charge in [-0.25, -0.2) is 9.59 Å². The molecule has 150 valence electrons. The van der Waals surface area contributed by atoms with Crippen LogP contribution in [0.5, 0.6) is 0 Å². The summed E-state index contributed by atoms with van der Waals surface area (Å²) in [4.78, 5) is 35.5. The summed E-state index contributed by atoms with van der Waals surface area (Å²) in [7, 11) is 1.23. The van der Waals surface area contributed by atoms with Crippen LogP contribution in [-0.2, 0) is 14.3 Å². The fourth-order valence-electron chi connectivity index (χ4n) is 1.94. The van der Waals surface area contributed by atoms with Crippen molar-refractivity contribution in [2.75, 3.05) is 25.5 Å². The molecule has 0 aliphatic heterocycles. The lowest BCUT2D eigenvalue weighted by Gasteiger charge is -2.19. The number of nitriles is 1. The Morgan fingerprint density at radius 3 is 2.46 bits per heavy atom. The first kappa shape index (κ1) is 22.5. The number of hydrogen-bond acceptors (Lipinski definition) is 7. The van der Waals surface area contributed by atoms with E-state index in [1.54, 1.807) is 39.0 Å². The zero-order valence-electron chi connectivity index (χ0n) is 16.3. The Hall–Kier alpha value is -3.54. The smallest absolute Gasteiger partial charge is 0.407 e. The second-order valence-electron chi connectivity index (χ2n) is 6.54. The van der Waals surface area contributed by atoms with Crippen molar-refractivity contribution in [2.24, 2.45) is 0 Å². The lowest BCUT2D eigenvalue weighted by Crippen LogP contribution is -2.35. The average Bonchev–Trinajstić information content (AvgIpc) is 2.62. The van der Waals surface area contributed by atoms with Crippen molar-refractivity contribution < 1.29 is 23.9 Å². The summed E-state index contributed by atoms with van der Waals surface area (Å²) in [6.45, 7) is 5.77. The quantitative estimate of drug-likeness (QED) is 0.282. The van der Waals surface area contributed by atoms with Crippen molar-refractivity contribution in [3.05, 3.63) is 41.6 Å². The van der Waals surface area contributed by atoms with Gasteiger partial charge in [-0.05, 0) is 32.9 Å². The van der Waals surface area contributed by atoms with E-state index in [0.29, 0.717) is 0 Å². The van der Waals surface area contributed by atoms with Gasteiger partial charge in [-0.2, -0.15) is 5.26 Å². The highest BCUT2D eigenvalue weighted by Gasteiger charge is 2.16. The Bertz CT molecular complexity index is 790. The minimum Gasteiger partial charge on any atom is -0.465 e. The lowest BCUT2D eigenvalue weighted by atomic mass is 10.1. The van der Waals surface area contributed by atoms with Gasteiger partial charge >= 0.3 is 12.1 Å². The molecule has 0 heterocycles. The Balaban J connectivity index is 2.59. The third kappa shape index (κ3) is 7.78. The summed E-state index contributed by atoms with van der Waals surface area (Å²) < 4.78 is 9.74. The largest absolute Gasteiger partial charge is 0.465 e. The van der Waals surface area contributed by atoms with Crippen LogP contribution in [0.2, 0.25) is 0 Å². The van der Waals surface area contributed by atoms with Crippen molar-refractivity contribution in [3.8, 4) is 6.07 Å². The zero-order chi connectivity index (χ0) is 21.2. The number of nitrogens with one attached hydrogen (secondary N) is 3. The molecule has 1 rings (SSSR count). The predicted molar refractivity (Wildman–Crippen MR) is 102 cm³/mol. The molecule has 1 aromatic rings. The summed E-state index contributed by atoms with van der Waals surface area (Å²) in [5.41, 5.74) is -0.390. The first-order chi connectivity index (χ1) is 13.2. The minimum absolute atomic E-state index is 0.171. The first-order valence-corrected chi connectivity index (χ1v) is 8.47. The minimum atomic E-state index is -0.688. The maximum atomic E-state index is 12.3. The molecule has 0 spiro atoms. The van der Waals surface area contributed by atoms with E-state index in [1.165, 1.54) is 25.4 Å². The van der Waals surface area contributed by atoms with Gasteiger partial charge in [0.15, 0.2) is 0 Å². The van der Waals surface area contributed by atoms with Crippen LogP contribution in [0.1, 0.15) is 31.1 Å². The van der Waals surface area contributed by atoms with Gasteiger partial charge in [0.2, 0.25) is 0 Å². The third-order valence-corrected chi connectivity index (χ3v) is 3.13. The second kappa shape index (κ2) is 10.6. The van der Waals surface area contributed by atoms with E-state index in [2.05, 4.69) is 20.7 Å². The van der Waals surface area contributed by atoms with Gasteiger partial charge in [-0.15, -0.1) is 0 Å². The molecule has 0 aliphatic carbocycles. The van der Waals surface area contributed by atoms with Gasteiger partial charge < -0.3 is 25.4 Å². The molecule has 9 heteroatoms. The molecule has 0 saturated heterocycles. The molecule has 0 saturated carbocycles. The second-order valence-corrected chi connectivity index (χ2v) is 6.54. The number of carbonyl (C=O) groups excluding carboxylic acids is 3. The molecule has 0 fully saturated rings. The maximum absolute atomic E-state index is 12.3. The van der Waals surface area contributed by atoms with Crippen LogP contribution < -0.4 is 16.0 Å². The molecular formula is C19H24N4O5. The number of alkyl carbamates (subject to hydrolysis) is 1. The number of hydrogen-bond donors (Lipinski definition) is 3. The van der Waals surface area contributed by atoms with Crippen LogP contribution in [-0.4, -0.2) is 43.8 Å². The van der Waals surface area contributed by atoms with Crippen LogP contribution in [0, 0.1) is 11.3 Å². The number of anilines is 1. The van der Waals surface area contributed by atoms with E-state index in [-0.39, 0.29) is 29.9 Å². The Kier molecular flexibility index (Phi) is 8.49. The molecular weight excluding hydrogens is 364 g/mol. The van der Waals surface area contributed by atoms with Gasteiger partial charge in [-0.3, -0.25) is 4.79 Å². The van der Waals surface area contributed by atoms with Gasteiger partial charge in [0.1, 0.15) is 17.2 Å². The van der Waals surface area contributed by atoms with Gasteiger partial charge in [-0.1, -0.05) is 12.1 Å². The Morgan fingerprint density at radius 1 is 1.18 bits per heavy atom. The number of nitrogens with zero attached hydrogens (tertiary/aromatic N) is 1. The third-order valence-electron chi connectivity index (χ3n) is 3.13. The summed E-state index contributed by atoms with van der Waals surface area (Å²) >= 11 is 0. The first-order valence-electron chi connectivity index (χ1n) is 8.47. The molecule has 0 atom stereocenters. The van der Waals surface area contributed by atoms with Crippen molar-refractivity contribution in [2.45, 2.75) is 26.4 Å². The van der Waals surface area contributed by atoms with Gasteiger partial charge in [0.25, 0.3) is 5.91 Å². The number of esters is 1. The molecule has 2 amide bonds. The molecule has 0 unspecified atom stereocenters. The van der Waals surface area contributed by atoms with Gasteiger partial charge in [0, 0.05) is 19.3 Å². The van der Waals surface area contributed by atoms with E-state index in [9.17, 15) is 19.6 Å². The number of ether oxygens (including phenoxy) is 2. The lowest BCUT2D eigenvalue weighted by molar-refractivity contribution is -0.112. The van der Waals surface area contributed by atoms with Crippen molar-refractivity contribution in [1.82, 2.24) is 10.6 Å². The summed E-state index contributed by atoms with van der Waals surface area (Å²) in [6.07, 6.45) is 0.670. The maximum Gasteiger partial charge on any atom is 0.407 e. The van der Waals surface area contributed by atoms with Crippen molar-refractivity contribution in [1.29, 1.82) is 5.26 Å². The number of carbonyl (C=O) groups is 3. The molecule has 3 N–H and O–H groups in total. The standard InChI is InChI=1S/C19H24N4O5/c1-19(2,3)28-18(26)22-10-9-21-12-13(11-20)16(24)23-15-8-6-5-7-14(15)17(25)27-4/h5-8,12,21H,9-10H2,1-4H3,(H,22,26)(H,23,24)/b13-12-. The summed E-state index contributed by atoms with van der Waals surface area (Å²) in [5.74, 6) is -1.30. The van der Waals surface area contributed by atoms with E-state index < -0.39 is 23.6 Å². The van der Waals surface area contributed by atoms with E-state index in [4.69, 9.17) is 4.74 Å². The molecule has 0 radical (unpaired) electrons. The monoisotopic (exact) mass is 388 g/mol. The normalized spacial score (nSPS) is 11.0. The predicted octanol–water partition coefficient (Wildman–Crippen LogP) is 1.93. The molecule has 0 bridgehead atoms. The molecule has 28 heavy (non-hydrogen) atoms. The van der Waals surface area contributed by atoms with Crippen molar-refractivity contribution in [3.63, 3.8) is 0 Å². The van der Waals surface area contributed by atoms with Crippen LogP contribution in [0.15, 0.2) is 36.0 Å². The number of methoxy groups -OCH3 is 1. The SMILES string of the molecule is COC(=O)c1ccccc1NC(=O)/C(C#N)=C\NCCNC(=O)OC(C)(C)C. The van der Waals surface area contributed by atoms with Gasteiger partial charge in [0.05, 0.1) is 18.4 Å². The number of rotatable bonds is 7. The Morgan fingerprint density at radius 2 is 1.86 bits per heavy atom. The zero-order valence-corrected chi connectivity index (χ0v) is 16.3. The molecule has 0 aromatic heterocycles. The number of amides is 2. The highest BCUT2D eigenvalue weighted by molar-refractivity contribution is 6.09. The highest BCUT2D eigenvalue weighted by Crippen LogP contribution is 2.16. The summed E-state index contributed by atoms with van der Waals surface area (Å²) in [6, 6.07) is 8.06. The van der Waals surface area contributed by atoms with E-state index >= 15 is 0 Å². The van der Waals surface area contributed by atoms with Crippen LogP contribution >= 0.6 is 0 Å². The fourth-order valence-corrected chi connectivity index (χ4v) is 1.94. The molecule has 0 aliphatic rings. The van der Waals surface area contributed by atoms with Crippen LogP contribution in [0.3, 0.4) is 0 Å². The highest BCUT2D eigenvalue weighted by atomic mass is 16.6. The van der Waals surface area contributed by atoms with Crippen LogP contribution in [0.4, 0.5) is 10.5 Å². The fraction of sp³-hybridized carbons (Fsp3) is 0.368. The van der Waals surface area contributed by atoms with Crippen LogP contribution in [0.25, 0.3) is 0 Å². The van der Waals surface area contributed by atoms with Crippen molar-refractivity contribution >= 4 is 23.7 Å².